The van der Waals surface area contributed by atoms with E-state index < -0.39 is 0 Å². The van der Waals surface area contributed by atoms with Gasteiger partial charge in [-0.15, -0.1) is 0 Å². The normalized spacial score (nSPS) is 18.6. The lowest BCUT2D eigenvalue weighted by Crippen LogP contribution is -2.43. The van der Waals surface area contributed by atoms with Crippen LogP contribution in [0.1, 0.15) is 24.2 Å². The first-order valence-electron chi connectivity index (χ1n) is 7.11. The fourth-order valence-corrected chi connectivity index (χ4v) is 2.79. The summed E-state index contributed by atoms with van der Waals surface area (Å²) in [5.74, 6) is 0.788. The van der Waals surface area contributed by atoms with Gasteiger partial charge in [-0.05, 0) is 33.7 Å². The molecule has 0 saturated carbocycles. The Hall–Kier alpha value is -1.56. The van der Waals surface area contributed by atoms with Crippen LogP contribution in [0.25, 0.3) is 0 Å². The lowest BCUT2D eigenvalue weighted by atomic mass is 10.2. The van der Waals surface area contributed by atoms with Crippen LogP contribution in [0.5, 0.6) is 5.75 Å². The quantitative estimate of drug-likeness (QED) is 0.859. The number of nitrogens with one attached hydrogen (secondary N) is 1. The molecule has 6 heteroatoms. The number of aryl methyl sites for hydroxylation is 2. The number of nitrogens with zero attached hydrogens (tertiary/aromatic N) is 3. The van der Waals surface area contributed by atoms with E-state index in [0.29, 0.717) is 6.04 Å². The SMILES string of the molecule is CNCC1CCCN1C(=O)COc1c(C)nn(C)c1C. The fraction of sp³-hybridized carbons (Fsp3) is 0.714. The average molecular weight is 280 g/mol. The Morgan fingerprint density at radius 2 is 2.25 bits per heavy atom. The highest BCUT2D eigenvalue weighted by Crippen LogP contribution is 2.22. The summed E-state index contributed by atoms with van der Waals surface area (Å²) in [5, 5.41) is 7.43. The number of rotatable bonds is 5. The summed E-state index contributed by atoms with van der Waals surface area (Å²) in [7, 11) is 3.79. The van der Waals surface area contributed by atoms with Crippen molar-refractivity contribution < 1.29 is 9.53 Å². The highest BCUT2D eigenvalue weighted by atomic mass is 16.5. The van der Waals surface area contributed by atoms with Crippen LogP contribution in [0.2, 0.25) is 0 Å². The third-order valence-corrected chi connectivity index (χ3v) is 3.92. The van der Waals surface area contributed by atoms with Crippen LogP contribution in [0.3, 0.4) is 0 Å². The van der Waals surface area contributed by atoms with Crippen LogP contribution < -0.4 is 10.1 Å². The summed E-state index contributed by atoms with van der Waals surface area (Å²) in [6.45, 7) is 5.61. The molecule has 6 nitrogen and oxygen atoms in total. The van der Waals surface area contributed by atoms with Crippen LogP contribution in [0.15, 0.2) is 0 Å². The van der Waals surface area contributed by atoms with E-state index in [0.717, 1.165) is 43.1 Å². The molecule has 20 heavy (non-hydrogen) atoms. The first-order valence-corrected chi connectivity index (χ1v) is 7.11. The minimum absolute atomic E-state index is 0.0606. The first kappa shape index (κ1) is 14.8. The molecule has 1 atom stereocenters. The lowest BCUT2D eigenvalue weighted by Gasteiger charge is -2.24. The van der Waals surface area contributed by atoms with Gasteiger partial charge in [-0.25, -0.2) is 0 Å². The van der Waals surface area contributed by atoms with Crippen molar-refractivity contribution in [1.29, 1.82) is 0 Å². The van der Waals surface area contributed by atoms with Gasteiger partial charge in [0, 0.05) is 26.2 Å². The van der Waals surface area contributed by atoms with Gasteiger partial charge in [0.05, 0.1) is 5.69 Å². The first-order chi connectivity index (χ1) is 9.54. The van der Waals surface area contributed by atoms with Gasteiger partial charge in [-0.2, -0.15) is 5.10 Å². The van der Waals surface area contributed by atoms with Crippen molar-refractivity contribution in [3.05, 3.63) is 11.4 Å². The number of carbonyl (C=O) groups is 1. The number of aromatic nitrogens is 2. The molecular weight excluding hydrogens is 256 g/mol. The third-order valence-electron chi connectivity index (χ3n) is 3.92. The maximum absolute atomic E-state index is 12.3. The molecule has 1 aromatic rings. The van der Waals surface area contributed by atoms with Crippen LogP contribution in [-0.4, -0.2) is 53.4 Å². The smallest absolute Gasteiger partial charge is 0.260 e. The topological polar surface area (TPSA) is 59.4 Å². The van der Waals surface area contributed by atoms with E-state index in [1.807, 2.05) is 32.8 Å². The summed E-state index contributed by atoms with van der Waals surface area (Å²) < 4.78 is 7.47. The number of ether oxygens (including phenoxy) is 1. The van der Waals surface area contributed by atoms with Crippen LogP contribution in [0, 0.1) is 13.8 Å². The van der Waals surface area contributed by atoms with Crippen LogP contribution in [0.4, 0.5) is 0 Å². The van der Waals surface area contributed by atoms with Gasteiger partial charge in [0.15, 0.2) is 12.4 Å². The summed E-state index contributed by atoms with van der Waals surface area (Å²) in [4.78, 5) is 14.2. The predicted molar refractivity (Wildman–Crippen MR) is 76.8 cm³/mol. The van der Waals surface area contributed by atoms with E-state index in [2.05, 4.69) is 10.4 Å². The monoisotopic (exact) mass is 280 g/mol. The Bertz CT molecular complexity index is 484. The molecule has 1 aromatic heterocycles. The zero-order chi connectivity index (χ0) is 14.7. The molecule has 2 heterocycles. The molecule has 0 aromatic carbocycles. The Kier molecular flexibility index (Phi) is 4.65. The minimum Gasteiger partial charge on any atom is -0.480 e. The Labute approximate surface area is 120 Å². The van der Waals surface area contributed by atoms with Gasteiger partial charge >= 0.3 is 0 Å². The second-order valence-corrected chi connectivity index (χ2v) is 5.35. The molecule has 1 saturated heterocycles. The van der Waals surface area contributed by atoms with E-state index in [1.165, 1.54) is 0 Å². The summed E-state index contributed by atoms with van der Waals surface area (Å²) in [6, 6.07) is 0.298. The second kappa shape index (κ2) is 6.26. The van der Waals surface area contributed by atoms with Crippen molar-refractivity contribution in [2.45, 2.75) is 32.7 Å². The third kappa shape index (κ3) is 2.95. The molecule has 1 N–H and O–H groups in total. The molecular formula is C14H24N4O2. The van der Waals surface area contributed by atoms with Gasteiger partial charge in [0.1, 0.15) is 5.69 Å². The van der Waals surface area contributed by atoms with Gasteiger partial charge in [0.25, 0.3) is 5.91 Å². The highest BCUT2D eigenvalue weighted by Gasteiger charge is 2.28. The molecule has 0 bridgehead atoms. The number of hydrogen-bond acceptors (Lipinski definition) is 4. The van der Waals surface area contributed by atoms with Crippen LogP contribution >= 0.6 is 0 Å². The molecule has 0 aliphatic carbocycles. The maximum atomic E-state index is 12.3. The molecule has 2 rings (SSSR count). The van der Waals surface area contributed by atoms with Gasteiger partial charge in [-0.1, -0.05) is 0 Å². The summed E-state index contributed by atoms with van der Waals surface area (Å²) in [6.07, 6.45) is 2.14. The number of likely N-dealkylation sites (N-methyl/N-ethyl adjacent to an activating group) is 1. The zero-order valence-corrected chi connectivity index (χ0v) is 12.8. The van der Waals surface area contributed by atoms with E-state index >= 15 is 0 Å². The molecule has 1 amide bonds. The molecule has 112 valence electrons. The Balaban J connectivity index is 1.95. The van der Waals surface area contributed by atoms with Crippen molar-refractivity contribution >= 4 is 5.91 Å². The summed E-state index contributed by atoms with van der Waals surface area (Å²) >= 11 is 0. The maximum Gasteiger partial charge on any atom is 0.260 e. The molecule has 0 spiro atoms. The molecule has 1 fully saturated rings. The fourth-order valence-electron chi connectivity index (χ4n) is 2.79. The van der Waals surface area contributed by atoms with E-state index in [4.69, 9.17) is 4.74 Å². The largest absolute Gasteiger partial charge is 0.480 e. The Morgan fingerprint density at radius 1 is 1.50 bits per heavy atom. The van der Waals surface area contributed by atoms with Crippen molar-refractivity contribution in [3.63, 3.8) is 0 Å². The summed E-state index contributed by atoms with van der Waals surface area (Å²) in [5.41, 5.74) is 1.77. The highest BCUT2D eigenvalue weighted by molar-refractivity contribution is 5.78. The molecule has 1 unspecified atom stereocenters. The number of likely N-dealkylation sites (tertiary alicyclic amines) is 1. The van der Waals surface area contributed by atoms with E-state index in [9.17, 15) is 4.79 Å². The predicted octanol–water partition coefficient (Wildman–Crippen LogP) is 0.626. The zero-order valence-electron chi connectivity index (χ0n) is 12.8. The van der Waals surface area contributed by atoms with Gasteiger partial charge in [-0.3, -0.25) is 9.48 Å². The average Bonchev–Trinajstić information content (AvgIpc) is 2.95. The number of carbonyl (C=O) groups excluding carboxylic acids is 1. The second-order valence-electron chi connectivity index (χ2n) is 5.35. The van der Waals surface area contributed by atoms with Gasteiger partial charge in [0.2, 0.25) is 0 Å². The van der Waals surface area contributed by atoms with E-state index in [1.54, 1.807) is 4.68 Å². The molecule has 1 aliphatic rings. The molecule has 0 radical (unpaired) electrons. The van der Waals surface area contributed by atoms with Gasteiger partial charge < -0.3 is 15.0 Å². The van der Waals surface area contributed by atoms with Crippen LogP contribution in [-0.2, 0) is 11.8 Å². The number of amides is 1. The van der Waals surface area contributed by atoms with Crippen molar-refractivity contribution in [2.75, 3.05) is 26.7 Å². The Morgan fingerprint density at radius 3 is 2.85 bits per heavy atom. The minimum atomic E-state index is 0.0606. The van der Waals surface area contributed by atoms with E-state index in [-0.39, 0.29) is 12.5 Å². The lowest BCUT2D eigenvalue weighted by molar-refractivity contribution is -0.134. The molecule has 1 aliphatic heterocycles. The number of hydrogen-bond donors (Lipinski definition) is 1. The van der Waals surface area contributed by atoms with Crippen molar-refractivity contribution in [3.8, 4) is 5.75 Å². The van der Waals surface area contributed by atoms with Crippen molar-refractivity contribution in [2.24, 2.45) is 7.05 Å². The van der Waals surface area contributed by atoms with Crippen molar-refractivity contribution in [1.82, 2.24) is 20.0 Å². The standard InChI is InChI=1S/C14H24N4O2/c1-10-14(11(2)17(4)16-10)20-9-13(19)18-7-5-6-12(18)8-15-3/h12,15H,5-9H2,1-4H3.